The van der Waals surface area contributed by atoms with Crippen LogP contribution in [0.25, 0.3) is 0 Å². The molecule has 1 unspecified atom stereocenters. The average molecular weight is 218 g/mol. The summed E-state index contributed by atoms with van der Waals surface area (Å²) >= 11 is 0. The van der Waals surface area contributed by atoms with E-state index in [1.807, 2.05) is 0 Å². The summed E-state index contributed by atoms with van der Waals surface area (Å²) in [5.74, 6) is -0.0799. The molecule has 0 amide bonds. The highest BCUT2D eigenvalue weighted by atomic mass is 32.2. The average Bonchev–Trinajstić information content (AvgIpc) is 2.67. The summed E-state index contributed by atoms with van der Waals surface area (Å²) in [6, 6.07) is 1.48. The SMILES string of the molecule is CC(CO)CNS(=O)(=O)c1cc[nH]c1. The second-order valence-electron chi connectivity index (χ2n) is 3.19. The zero-order valence-corrected chi connectivity index (χ0v) is 8.71. The lowest BCUT2D eigenvalue weighted by Crippen LogP contribution is -2.29. The normalized spacial score (nSPS) is 14.1. The van der Waals surface area contributed by atoms with E-state index < -0.39 is 10.0 Å². The molecule has 0 aliphatic rings. The fourth-order valence-corrected chi connectivity index (χ4v) is 2.02. The minimum Gasteiger partial charge on any atom is -0.396 e. The first-order valence-corrected chi connectivity index (χ1v) is 5.78. The van der Waals surface area contributed by atoms with Crippen LogP contribution in [0.5, 0.6) is 0 Å². The lowest BCUT2D eigenvalue weighted by molar-refractivity contribution is 0.238. The van der Waals surface area contributed by atoms with Gasteiger partial charge in [-0.1, -0.05) is 6.92 Å². The van der Waals surface area contributed by atoms with Crippen molar-refractivity contribution in [3.8, 4) is 0 Å². The molecule has 1 aromatic rings. The van der Waals surface area contributed by atoms with Crippen LogP contribution in [-0.4, -0.2) is 31.7 Å². The Kier molecular flexibility index (Phi) is 3.68. The van der Waals surface area contributed by atoms with Crippen molar-refractivity contribution in [2.24, 2.45) is 5.92 Å². The van der Waals surface area contributed by atoms with Crippen molar-refractivity contribution in [2.75, 3.05) is 13.2 Å². The Morgan fingerprint density at radius 3 is 2.86 bits per heavy atom. The van der Waals surface area contributed by atoms with Gasteiger partial charge in [0.1, 0.15) is 0 Å². The number of rotatable bonds is 5. The third-order valence-corrected chi connectivity index (χ3v) is 3.23. The number of aromatic nitrogens is 1. The van der Waals surface area contributed by atoms with Crippen LogP contribution in [0, 0.1) is 5.92 Å². The molecule has 14 heavy (non-hydrogen) atoms. The Morgan fingerprint density at radius 1 is 1.64 bits per heavy atom. The zero-order chi connectivity index (χ0) is 10.6. The van der Waals surface area contributed by atoms with Crippen LogP contribution in [0.4, 0.5) is 0 Å². The van der Waals surface area contributed by atoms with Crippen molar-refractivity contribution in [2.45, 2.75) is 11.8 Å². The standard InChI is InChI=1S/C8H14N2O3S/c1-7(6-11)4-10-14(12,13)8-2-3-9-5-8/h2-3,5,7,9-11H,4,6H2,1H3. The Labute approximate surface area is 83.2 Å². The van der Waals surface area contributed by atoms with Crippen molar-refractivity contribution < 1.29 is 13.5 Å². The molecule has 6 heteroatoms. The summed E-state index contributed by atoms with van der Waals surface area (Å²) in [7, 11) is -3.41. The summed E-state index contributed by atoms with van der Waals surface area (Å²) in [6.07, 6.45) is 2.95. The predicted octanol–water partition coefficient (Wildman–Crippen LogP) is -0.0786. The quantitative estimate of drug-likeness (QED) is 0.646. The first kappa shape index (κ1) is 11.2. The van der Waals surface area contributed by atoms with Crippen LogP contribution in [-0.2, 0) is 10.0 Å². The minimum absolute atomic E-state index is 0.0321. The van der Waals surface area contributed by atoms with Crippen LogP contribution in [0.1, 0.15) is 6.92 Å². The highest BCUT2D eigenvalue weighted by Crippen LogP contribution is 2.06. The molecule has 5 nitrogen and oxygen atoms in total. The maximum absolute atomic E-state index is 11.5. The van der Waals surface area contributed by atoms with Crippen LogP contribution in [0.2, 0.25) is 0 Å². The maximum Gasteiger partial charge on any atom is 0.242 e. The van der Waals surface area contributed by atoms with Gasteiger partial charge in [-0.15, -0.1) is 0 Å². The van der Waals surface area contributed by atoms with Crippen molar-refractivity contribution in [3.63, 3.8) is 0 Å². The second-order valence-corrected chi connectivity index (χ2v) is 4.95. The summed E-state index contributed by atoms with van der Waals surface area (Å²) in [5, 5.41) is 8.72. The topological polar surface area (TPSA) is 82.2 Å². The molecule has 1 rings (SSSR count). The Balaban J connectivity index is 2.60. The molecule has 0 aliphatic carbocycles. The molecule has 0 bridgehead atoms. The number of hydrogen-bond donors (Lipinski definition) is 3. The van der Waals surface area contributed by atoms with E-state index in [1.54, 1.807) is 13.1 Å². The Bertz CT molecular complexity index is 358. The third-order valence-electron chi connectivity index (χ3n) is 1.81. The monoisotopic (exact) mass is 218 g/mol. The fourth-order valence-electron chi connectivity index (χ4n) is 0.876. The van der Waals surface area contributed by atoms with E-state index in [9.17, 15) is 8.42 Å². The Morgan fingerprint density at radius 2 is 2.36 bits per heavy atom. The van der Waals surface area contributed by atoms with Gasteiger partial charge in [-0.3, -0.25) is 0 Å². The van der Waals surface area contributed by atoms with E-state index in [1.165, 1.54) is 12.3 Å². The van der Waals surface area contributed by atoms with Crippen molar-refractivity contribution in [1.82, 2.24) is 9.71 Å². The van der Waals surface area contributed by atoms with Crippen molar-refractivity contribution >= 4 is 10.0 Å². The molecule has 3 N–H and O–H groups in total. The van der Waals surface area contributed by atoms with E-state index in [2.05, 4.69) is 9.71 Å². The molecule has 1 heterocycles. The lowest BCUT2D eigenvalue weighted by Gasteiger charge is -2.08. The van der Waals surface area contributed by atoms with Gasteiger partial charge in [0.2, 0.25) is 10.0 Å². The molecule has 0 aliphatic heterocycles. The van der Waals surface area contributed by atoms with Crippen LogP contribution < -0.4 is 4.72 Å². The molecule has 0 radical (unpaired) electrons. The van der Waals surface area contributed by atoms with Gasteiger partial charge in [0.15, 0.2) is 0 Å². The molecule has 80 valence electrons. The van der Waals surface area contributed by atoms with Gasteiger partial charge in [-0.2, -0.15) is 0 Å². The number of aliphatic hydroxyl groups is 1. The van der Waals surface area contributed by atoms with Crippen molar-refractivity contribution in [3.05, 3.63) is 18.5 Å². The van der Waals surface area contributed by atoms with Gasteiger partial charge >= 0.3 is 0 Å². The molecule has 0 aromatic carbocycles. The summed E-state index contributed by atoms with van der Waals surface area (Å²) in [4.78, 5) is 2.88. The smallest absolute Gasteiger partial charge is 0.242 e. The summed E-state index contributed by atoms with van der Waals surface area (Å²) in [5.41, 5.74) is 0. The summed E-state index contributed by atoms with van der Waals surface area (Å²) in [6.45, 7) is 1.97. The number of hydrogen-bond acceptors (Lipinski definition) is 3. The number of aromatic amines is 1. The molecule has 1 atom stereocenters. The van der Waals surface area contributed by atoms with E-state index >= 15 is 0 Å². The van der Waals surface area contributed by atoms with Crippen molar-refractivity contribution in [1.29, 1.82) is 0 Å². The molecule has 0 saturated carbocycles. The molecule has 1 aromatic heterocycles. The van der Waals surface area contributed by atoms with Gasteiger partial charge in [0.25, 0.3) is 0 Å². The number of H-pyrrole nitrogens is 1. The van der Waals surface area contributed by atoms with Crippen LogP contribution in [0.15, 0.2) is 23.4 Å². The van der Waals surface area contributed by atoms with Gasteiger partial charge in [0, 0.05) is 25.5 Å². The molecular weight excluding hydrogens is 204 g/mol. The number of nitrogens with one attached hydrogen (secondary N) is 2. The largest absolute Gasteiger partial charge is 0.396 e. The van der Waals surface area contributed by atoms with Gasteiger partial charge in [-0.25, -0.2) is 13.1 Å². The number of sulfonamides is 1. The maximum atomic E-state index is 11.5. The Hall–Kier alpha value is -0.850. The fraction of sp³-hybridized carbons (Fsp3) is 0.500. The van der Waals surface area contributed by atoms with E-state index in [4.69, 9.17) is 5.11 Å². The van der Waals surface area contributed by atoms with Gasteiger partial charge < -0.3 is 10.1 Å². The zero-order valence-electron chi connectivity index (χ0n) is 7.90. The summed E-state index contributed by atoms with van der Waals surface area (Å²) < 4.78 is 25.4. The van der Waals surface area contributed by atoms with E-state index in [-0.39, 0.29) is 24.0 Å². The highest BCUT2D eigenvalue weighted by molar-refractivity contribution is 7.89. The van der Waals surface area contributed by atoms with Gasteiger partial charge in [0.05, 0.1) is 4.90 Å². The van der Waals surface area contributed by atoms with E-state index in [0.717, 1.165) is 0 Å². The first-order valence-electron chi connectivity index (χ1n) is 4.29. The lowest BCUT2D eigenvalue weighted by atomic mass is 10.2. The molecule has 0 saturated heterocycles. The predicted molar refractivity (Wildman–Crippen MR) is 52.2 cm³/mol. The molecule has 0 spiro atoms. The van der Waals surface area contributed by atoms with Crippen LogP contribution in [0.3, 0.4) is 0 Å². The van der Waals surface area contributed by atoms with Crippen LogP contribution >= 0.6 is 0 Å². The minimum atomic E-state index is -3.41. The van der Waals surface area contributed by atoms with E-state index in [0.29, 0.717) is 0 Å². The number of aliphatic hydroxyl groups excluding tert-OH is 1. The highest BCUT2D eigenvalue weighted by Gasteiger charge is 2.14. The molecular formula is C8H14N2O3S. The first-order chi connectivity index (χ1) is 6.56. The molecule has 0 fully saturated rings. The second kappa shape index (κ2) is 4.59. The van der Waals surface area contributed by atoms with Gasteiger partial charge in [-0.05, 0) is 12.0 Å². The third kappa shape index (κ3) is 2.83.